The summed E-state index contributed by atoms with van der Waals surface area (Å²) in [6.45, 7) is 0.600. The molecule has 3 atom stereocenters. The zero-order valence-electron chi connectivity index (χ0n) is 11.3. The Balaban J connectivity index is 1.72. The molecule has 2 saturated carbocycles. The lowest BCUT2D eigenvalue weighted by Gasteiger charge is -2.28. The van der Waals surface area contributed by atoms with E-state index in [9.17, 15) is 4.39 Å². The molecule has 0 spiro atoms. The molecule has 2 fully saturated rings. The molecule has 1 aromatic heterocycles. The van der Waals surface area contributed by atoms with Gasteiger partial charge in [0.1, 0.15) is 0 Å². The van der Waals surface area contributed by atoms with Crippen LogP contribution in [-0.4, -0.2) is 23.7 Å². The van der Waals surface area contributed by atoms with Gasteiger partial charge in [-0.3, -0.25) is 0 Å². The molecular formula is C15H21FN2O. The van der Waals surface area contributed by atoms with Crippen LogP contribution in [0.4, 0.5) is 10.2 Å². The van der Waals surface area contributed by atoms with E-state index in [4.69, 9.17) is 5.11 Å². The van der Waals surface area contributed by atoms with Crippen molar-refractivity contribution in [2.45, 2.75) is 32.3 Å². The summed E-state index contributed by atoms with van der Waals surface area (Å²) in [5.41, 5.74) is 0.324. The number of rotatable bonds is 4. The summed E-state index contributed by atoms with van der Waals surface area (Å²) in [6.07, 6.45) is 6.95. The highest BCUT2D eigenvalue weighted by molar-refractivity contribution is 5.42. The smallest absolute Gasteiger partial charge is 0.171 e. The minimum atomic E-state index is -0.379. The third-order valence-corrected chi connectivity index (χ3v) is 4.88. The Labute approximate surface area is 113 Å². The van der Waals surface area contributed by atoms with Gasteiger partial charge in [0.05, 0.1) is 6.61 Å². The van der Waals surface area contributed by atoms with Crippen molar-refractivity contribution in [3.63, 3.8) is 0 Å². The van der Waals surface area contributed by atoms with Gasteiger partial charge in [0, 0.05) is 25.4 Å². The van der Waals surface area contributed by atoms with Crippen molar-refractivity contribution >= 4 is 5.82 Å². The number of fused-ring (bicyclic) bond motifs is 2. The number of hydrogen-bond donors (Lipinski definition) is 1. The van der Waals surface area contributed by atoms with Crippen molar-refractivity contribution in [3.8, 4) is 0 Å². The Kier molecular flexibility index (Phi) is 3.44. The monoisotopic (exact) mass is 264 g/mol. The molecule has 1 aromatic rings. The number of aromatic nitrogens is 1. The van der Waals surface area contributed by atoms with E-state index in [1.54, 1.807) is 6.20 Å². The quantitative estimate of drug-likeness (QED) is 0.908. The average molecular weight is 264 g/mol. The zero-order valence-corrected chi connectivity index (χ0v) is 11.3. The standard InChI is InChI=1S/C15H21FN2O/c1-18(8-13-7-10-2-3-11(13)6-10)15-14(16)12(9-19)4-5-17-15/h4-5,10-11,13,19H,2-3,6-9H2,1H3. The SMILES string of the molecule is CN(CC1CC2CCC1C2)c1nccc(CO)c1F. The first-order chi connectivity index (χ1) is 9.19. The van der Waals surface area contributed by atoms with Gasteiger partial charge < -0.3 is 10.0 Å². The number of aliphatic hydroxyl groups excluding tert-OH is 1. The van der Waals surface area contributed by atoms with Gasteiger partial charge in [-0.15, -0.1) is 0 Å². The van der Waals surface area contributed by atoms with Crippen LogP contribution in [0.2, 0.25) is 0 Å². The van der Waals surface area contributed by atoms with Crippen molar-refractivity contribution in [1.82, 2.24) is 4.98 Å². The molecule has 0 aliphatic heterocycles. The van der Waals surface area contributed by atoms with Crippen LogP contribution in [0.5, 0.6) is 0 Å². The van der Waals surface area contributed by atoms with E-state index in [0.717, 1.165) is 18.4 Å². The lowest BCUT2D eigenvalue weighted by molar-refractivity contribution is 0.275. The van der Waals surface area contributed by atoms with Crippen LogP contribution in [0.1, 0.15) is 31.2 Å². The predicted octanol–water partition coefficient (Wildman–Crippen LogP) is 2.59. The second kappa shape index (κ2) is 5.08. The van der Waals surface area contributed by atoms with E-state index in [0.29, 0.717) is 17.3 Å². The lowest BCUT2D eigenvalue weighted by Crippen LogP contribution is -2.30. The zero-order chi connectivity index (χ0) is 13.4. The molecule has 2 aliphatic rings. The molecule has 2 aliphatic carbocycles. The molecule has 2 bridgehead atoms. The number of aliphatic hydroxyl groups is 1. The number of anilines is 1. The highest BCUT2D eigenvalue weighted by atomic mass is 19.1. The van der Waals surface area contributed by atoms with E-state index >= 15 is 0 Å². The minimum Gasteiger partial charge on any atom is -0.392 e. The Bertz CT molecular complexity index is 465. The van der Waals surface area contributed by atoms with Gasteiger partial charge in [0.2, 0.25) is 0 Å². The summed E-state index contributed by atoms with van der Waals surface area (Å²) in [7, 11) is 1.90. The first kappa shape index (κ1) is 12.9. The molecule has 104 valence electrons. The van der Waals surface area contributed by atoms with Gasteiger partial charge in [-0.2, -0.15) is 0 Å². The van der Waals surface area contributed by atoms with Crippen LogP contribution in [0, 0.1) is 23.6 Å². The van der Waals surface area contributed by atoms with Crippen molar-refractivity contribution in [3.05, 3.63) is 23.6 Å². The Hall–Kier alpha value is -1.16. The van der Waals surface area contributed by atoms with Gasteiger partial charge >= 0.3 is 0 Å². The Morgan fingerprint density at radius 1 is 1.42 bits per heavy atom. The average Bonchev–Trinajstić information content (AvgIpc) is 3.01. The fourth-order valence-corrected chi connectivity index (χ4v) is 3.90. The molecule has 0 saturated heterocycles. The fraction of sp³-hybridized carbons (Fsp3) is 0.667. The van der Waals surface area contributed by atoms with Crippen LogP contribution in [0.15, 0.2) is 12.3 Å². The highest BCUT2D eigenvalue weighted by Gasteiger charge is 2.39. The van der Waals surface area contributed by atoms with Crippen LogP contribution in [0.3, 0.4) is 0 Å². The van der Waals surface area contributed by atoms with E-state index < -0.39 is 0 Å². The molecule has 4 heteroatoms. The van der Waals surface area contributed by atoms with Gasteiger partial charge in [-0.1, -0.05) is 6.42 Å². The summed E-state index contributed by atoms with van der Waals surface area (Å²) in [5.74, 6) is 2.41. The number of nitrogens with zero attached hydrogens (tertiary/aromatic N) is 2. The molecule has 3 unspecified atom stereocenters. The number of pyridine rings is 1. The number of hydrogen-bond acceptors (Lipinski definition) is 3. The molecule has 0 amide bonds. The molecule has 0 radical (unpaired) electrons. The maximum Gasteiger partial charge on any atom is 0.171 e. The van der Waals surface area contributed by atoms with Crippen molar-refractivity contribution in [2.75, 3.05) is 18.5 Å². The van der Waals surface area contributed by atoms with E-state index in [2.05, 4.69) is 4.98 Å². The summed E-state index contributed by atoms with van der Waals surface area (Å²) in [5, 5.41) is 9.11. The van der Waals surface area contributed by atoms with Crippen molar-refractivity contribution in [1.29, 1.82) is 0 Å². The maximum absolute atomic E-state index is 14.1. The molecule has 1 N–H and O–H groups in total. The highest BCUT2D eigenvalue weighted by Crippen LogP contribution is 2.48. The topological polar surface area (TPSA) is 36.4 Å². The molecule has 19 heavy (non-hydrogen) atoms. The van der Waals surface area contributed by atoms with Gasteiger partial charge in [-0.25, -0.2) is 9.37 Å². The largest absolute Gasteiger partial charge is 0.392 e. The van der Waals surface area contributed by atoms with Gasteiger partial charge in [-0.05, 0) is 43.1 Å². The summed E-state index contributed by atoms with van der Waals surface area (Å²) < 4.78 is 14.1. The van der Waals surface area contributed by atoms with Gasteiger partial charge in [0.25, 0.3) is 0 Å². The molecule has 3 rings (SSSR count). The van der Waals surface area contributed by atoms with Crippen LogP contribution < -0.4 is 4.90 Å². The third kappa shape index (κ3) is 2.34. The van der Waals surface area contributed by atoms with Crippen molar-refractivity contribution in [2.24, 2.45) is 17.8 Å². The fourth-order valence-electron chi connectivity index (χ4n) is 3.90. The molecule has 1 heterocycles. The van der Waals surface area contributed by atoms with E-state index in [1.807, 2.05) is 11.9 Å². The first-order valence-electron chi connectivity index (χ1n) is 7.14. The summed E-state index contributed by atoms with van der Waals surface area (Å²) >= 11 is 0. The van der Waals surface area contributed by atoms with Gasteiger partial charge in [0.15, 0.2) is 11.6 Å². The second-order valence-electron chi connectivity index (χ2n) is 6.08. The van der Waals surface area contributed by atoms with Crippen LogP contribution >= 0.6 is 0 Å². The molecular weight excluding hydrogens is 243 g/mol. The Morgan fingerprint density at radius 3 is 2.89 bits per heavy atom. The maximum atomic E-state index is 14.1. The number of halogens is 1. The summed E-state index contributed by atoms with van der Waals surface area (Å²) in [4.78, 5) is 6.05. The van der Waals surface area contributed by atoms with E-state index in [1.165, 1.54) is 31.7 Å². The summed E-state index contributed by atoms with van der Waals surface area (Å²) in [6, 6.07) is 1.53. The Morgan fingerprint density at radius 2 is 2.26 bits per heavy atom. The van der Waals surface area contributed by atoms with Crippen molar-refractivity contribution < 1.29 is 9.50 Å². The van der Waals surface area contributed by atoms with E-state index in [-0.39, 0.29) is 12.4 Å². The van der Waals surface area contributed by atoms with Crippen LogP contribution in [-0.2, 0) is 6.61 Å². The molecule has 3 nitrogen and oxygen atoms in total. The minimum absolute atomic E-state index is 0.274. The first-order valence-corrected chi connectivity index (χ1v) is 7.14. The van der Waals surface area contributed by atoms with Crippen LogP contribution in [0.25, 0.3) is 0 Å². The predicted molar refractivity (Wildman–Crippen MR) is 72.3 cm³/mol. The second-order valence-corrected chi connectivity index (χ2v) is 6.08. The third-order valence-electron chi connectivity index (χ3n) is 4.88. The normalized spacial score (nSPS) is 28.9. The lowest BCUT2D eigenvalue weighted by atomic mass is 9.88. The molecule has 0 aromatic carbocycles.